The first kappa shape index (κ1) is 10.7. The van der Waals surface area contributed by atoms with Gasteiger partial charge in [0.15, 0.2) is 0 Å². The summed E-state index contributed by atoms with van der Waals surface area (Å²) in [6, 6.07) is 5.72. The van der Waals surface area contributed by atoms with Crippen LogP contribution in [0.4, 0.5) is 0 Å². The Hall–Kier alpha value is -0.270. The maximum absolute atomic E-state index is 3.78. The quantitative estimate of drug-likeness (QED) is 0.553. The number of halogens is 2. The van der Waals surface area contributed by atoms with Crippen LogP contribution in [-0.4, -0.2) is 4.98 Å². The van der Waals surface area contributed by atoms with E-state index < -0.39 is 0 Å². The minimum atomic E-state index is 0. The van der Waals surface area contributed by atoms with Crippen molar-refractivity contribution < 1.29 is 0 Å². The van der Waals surface area contributed by atoms with Gasteiger partial charge in [0.25, 0.3) is 0 Å². The minimum absolute atomic E-state index is 0. The Balaban J connectivity index is 0. The molecule has 0 aliphatic carbocycles. The van der Waals surface area contributed by atoms with Crippen LogP contribution in [0.3, 0.4) is 0 Å². The molecule has 1 aromatic heterocycles. The highest BCUT2D eigenvalue weighted by Crippen LogP contribution is 1.73. The van der Waals surface area contributed by atoms with Gasteiger partial charge >= 0.3 is 0 Å². The normalized spacial score (nSPS) is 6.00. The van der Waals surface area contributed by atoms with Gasteiger partial charge in [-0.2, -0.15) is 0 Å². The SMILES string of the molecule is Cl.Cl.c1ccncc1. The Bertz CT molecular complexity index is 82.4. The number of rotatable bonds is 0. The molecule has 1 heterocycles. The number of hydrogen-bond acceptors (Lipinski definition) is 1. The molecular formula is C5H7Cl2N. The van der Waals surface area contributed by atoms with Crippen molar-refractivity contribution in [1.82, 2.24) is 4.98 Å². The van der Waals surface area contributed by atoms with Crippen molar-refractivity contribution in [3.05, 3.63) is 30.6 Å². The largest absolute Gasteiger partial charge is 0.265 e. The van der Waals surface area contributed by atoms with Crippen molar-refractivity contribution in [2.75, 3.05) is 0 Å². The van der Waals surface area contributed by atoms with E-state index in [1.807, 2.05) is 18.2 Å². The molecule has 1 rings (SSSR count). The van der Waals surface area contributed by atoms with Crippen LogP contribution >= 0.6 is 24.8 Å². The molecule has 0 fully saturated rings. The number of aromatic nitrogens is 1. The lowest BCUT2D eigenvalue weighted by molar-refractivity contribution is 1.33. The summed E-state index contributed by atoms with van der Waals surface area (Å²) in [6.07, 6.45) is 3.50. The summed E-state index contributed by atoms with van der Waals surface area (Å²) in [4.78, 5) is 3.78. The molecule has 0 aliphatic heterocycles. The molecule has 46 valence electrons. The van der Waals surface area contributed by atoms with E-state index in [0.717, 1.165) is 0 Å². The summed E-state index contributed by atoms with van der Waals surface area (Å²) >= 11 is 0. The molecular weight excluding hydrogens is 145 g/mol. The lowest BCUT2D eigenvalue weighted by Crippen LogP contribution is -1.58. The summed E-state index contributed by atoms with van der Waals surface area (Å²) in [6.45, 7) is 0. The van der Waals surface area contributed by atoms with Crippen molar-refractivity contribution in [1.29, 1.82) is 0 Å². The van der Waals surface area contributed by atoms with Crippen LogP contribution in [0.1, 0.15) is 0 Å². The fourth-order valence-electron chi connectivity index (χ4n) is 0.313. The lowest BCUT2D eigenvalue weighted by atomic mass is 10.5. The second kappa shape index (κ2) is 6.73. The van der Waals surface area contributed by atoms with Gasteiger partial charge in [0, 0.05) is 12.4 Å². The Morgan fingerprint density at radius 1 is 0.750 bits per heavy atom. The second-order valence-corrected chi connectivity index (χ2v) is 1.02. The summed E-state index contributed by atoms with van der Waals surface area (Å²) in [5, 5.41) is 0. The second-order valence-electron chi connectivity index (χ2n) is 1.02. The van der Waals surface area contributed by atoms with Crippen molar-refractivity contribution in [3.63, 3.8) is 0 Å². The van der Waals surface area contributed by atoms with E-state index in [-0.39, 0.29) is 24.8 Å². The topological polar surface area (TPSA) is 12.9 Å². The molecule has 0 spiro atoms. The summed E-state index contributed by atoms with van der Waals surface area (Å²) in [5.41, 5.74) is 0. The van der Waals surface area contributed by atoms with E-state index in [4.69, 9.17) is 0 Å². The van der Waals surface area contributed by atoms with Crippen molar-refractivity contribution in [2.45, 2.75) is 0 Å². The monoisotopic (exact) mass is 151 g/mol. The molecule has 0 saturated heterocycles. The molecule has 0 N–H and O–H groups in total. The fraction of sp³-hybridized carbons (Fsp3) is 0. The molecule has 0 aliphatic rings. The molecule has 0 amide bonds. The van der Waals surface area contributed by atoms with E-state index in [2.05, 4.69) is 4.98 Å². The van der Waals surface area contributed by atoms with Crippen molar-refractivity contribution >= 4 is 24.8 Å². The Kier molecular flexibility index (Phi) is 8.97. The summed E-state index contributed by atoms with van der Waals surface area (Å²) in [7, 11) is 0. The van der Waals surface area contributed by atoms with E-state index >= 15 is 0 Å². The predicted molar refractivity (Wildman–Crippen MR) is 38.7 cm³/mol. The first-order valence-corrected chi connectivity index (χ1v) is 1.85. The predicted octanol–water partition coefficient (Wildman–Crippen LogP) is 1.93. The molecule has 3 heteroatoms. The van der Waals surface area contributed by atoms with Crippen LogP contribution in [0.25, 0.3) is 0 Å². The Labute approximate surface area is 61.0 Å². The van der Waals surface area contributed by atoms with Gasteiger partial charge in [0.1, 0.15) is 0 Å². The molecule has 0 atom stereocenters. The molecule has 1 nitrogen and oxygen atoms in total. The molecule has 8 heavy (non-hydrogen) atoms. The molecule has 0 radical (unpaired) electrons. The van der Waals surface area contributed by atoms with Crippen molar-refractivity contribution in [3.8, 4) is 0 Å². The molecule has 0 saturated carbocycles. The number of nitrogens with zero attached hydrogens (tertiary/aromatic N) is 1. The average molecular weight is 152 g/mol. The van der Waals surface area contributed by atoms with Crippen molar-refractivity contribution in [2.24, 2.45) is 0 Å². The first-order chi connectivity index (χ1) is 3.00. The zero-order chi connectivity index (χ0) is 4.24. The highest BCUT2D eigenvalue weighted by molar-refractivity contribution is 5.85. The minimum Gasteiger partial charge on any atom is -0.265 e. The maximum atomic E-state index is 3.78. The van der Waals surface area contributed by atoms with Gasteiger partial charge in [0.2, 0.25) is 0 Å². The average Bonchev–Trinajstić information content (AvgIpc) is 1.72. The van der Waals surface area contributed by atoms with Gasteiger partial charge in [-0.05, 0) is 12.1 Å². The third-order valence-corrected chi connectivity index (χ3v) is 0.566. The highest BCUT2D eigenvalue weighted by Gasteiger charge is 1.58. The lowest BCUT2D eigenvalue weighted by Gasteiger charge is -1.70. The van der Waals surface area contributed by atoms with E-state index in [0.29, 0.717) is 0 Å². The van der Waals surface area contributed by atoms with E-state index in [1.165, 1.54) is 0 Å². The molecule has 0 aromatic carbocycles. The van der Waals surface area contributed by atoms with Gasteiger partial charge in [0.05, 0.1) is 0 Å². The fourth-order valence-corrected chi connectivity index (χ4v) is 0.313. The zero-order valence-corrected chi connectivity index (χ0v) is 5.78. The van der Waals surface area contributed by atoms with Crippen LogP contribution in [0.5, 0.6) is 0 Å². The van der Waals surface area contributed by atoms with Crippen LogP contribution in [0, 0.1) is 0 Å². The van der Waals surface area contributed by atoms with E-state index in [1.54, 1.807) is 12.4 Å². The van der Waals surface area contributed by atoms with Gasteiger partial charge < -0.3 is 0 Å². The van der Waals surface area contributed by atoms with Gasteiger partial charge in [-0.1, -0.05) is 6.07 Å². The number of hydrogen-bond donors (Lipinski definition) is 0. The van der Waals surface area contributed by atoms with Crippen LogP contribution < -0.4 is 0 Å². The van der Waals surface area contributed by atoms with Crippen LogP contribution in [0.2, 0.25) is 0 Å². The maximum Gasteiger partial charge on any atom is 0.0267 e. The number of pyridine rings is 1. The smallest absolute Gasteiger partial charge is 0.0267 e. The van der Waals surface area contributed by atoms with Gasteiger partial charge in [-0.15, -0.1) is 24.8 Å². The molecule has 0 unspecified atom stereocenters. The Morgan fingerprint density at radius 3 is 1.38 bits per heavy atom. The third kappa shape index (κ3) is 3.90. The van der Waals surface area contributed by atoms with Gasteiger partial charge in [-0.25, -0.2) is 0 Å². The third-order valence-electron chi connectivity index (χ3n) is 0.566. The standard InChI is InChI=1S/C5H5N.2ClH/c1-2-4-6-5-3-1;;/h1-5H;2*1H. The van der Waals surface area contributed by atoms with E-state index in [9.17, 15) is 0 Å². The first-order valence-electron chi connectivity index (χ1n) is 1.85. The van der Waals surface area contributed by atoms with Crippen LogP contribution in [-0.2, 0) is 0 Å². The van der Waals surface area contributed by atoms with Gasteiger partial charge in [-0.3, -0.25) is 4.98 Å². The highest BCUT2D eigenvalue weighted by atomic mass is 35.5. The Morgan fingerprint density at radius 2 is 1.25 bits per heavy atom. The summed E-state index contributed by atoms with van der Waals surface area (Å²) < 4.78 is 0. The zero-order valence-electron chi connectivity index (χ0n) is 4.15. The van der Waals surface area contributed by atoms with Crippen LogP contribution in [0.15, 0.2) is 30.6 Å². The summed E-state index contributed by atoms with van der Waals surface area (Å²) in [5.74, 6) is 0. The molecule has 0 bridgehead atoms. The molecule has 1 aromatic rings.